The van der Waals surface area contributed by atoms with Crippen LogP contribution >= 0.6 is 0 Å². The van der Waals surface area contributed by atoms with Gasteiger partial charge < -0.3 is 15.2 Å². The Morgan fingerprint density at radius 1 is 0.966 bits per heavy atom. The first-order chi connectivity index (χ1) is 14.1. The quantitative estimate of drug-likeness (QED) is 0.390. The maximum Gasteiger partial charge on any atom is 0.308 e. The number of carbonyl (C=O) groups is 1. The highest BCUT2D eigenvalue weighted by Crippen LogP contribution is 2.29. The van der Waals surface area contributed by atoms with E-state index >= 15 is 0 Å². The average molecular weight is 385 g/mol. The summed E-state index contributed by atoms with van der Waals surface area (Å²) in [5.74, 6) is 1.30. The summed E-state index contributed by atoms with van der Waals surface area (Å²) in [6.45, 7) is 1.29. The van der Waals surface area contributed by atoms with Crippen LogP contribution in [0.5, 0.6) is 5.75 Å². The molecule has 0 unspecified atom stereocenters. The van der Waals surface area contributed by atoms with Crippen LogP contribution in [0.15, 0.2) is 72.8 Å². The summed E-state index contributed by atoms with van der Waals surface area (Å²) in [4.78, 5) is 20.5. The second-order valence-corrected chi connectivity index (χ2v) is 6.47. The summed E-state index contributed by atoms with van der Waals surface area (Å²) in [7, 11) is 0. The number of aliphatic hydroxyl groups excluding tert-OH is 1. The lowest BCUT2D eigenvalue weighted by molar-refractivity contribution is -0.131. The smallest absolute Gasteiger partial charge is 0.308 e. The zero-order valence-electron chi connectivity index (χ0n) is 15.8. The number of aliphatic hydroxyl groups is 1. The molecule has 0 aliphatic rings. The first kappa shape index (κ1) is 18.6. The Labute approximate surface area is 167 Å². The molecule has 0 saturated heterocycles. The van der Waals surface area contributed by atoms with E-state index in [-0.39, 0.29) is 12.6 Å². The lowest BCUT2D eigenvalue weighted by Gasteiger charge is -2.13. The fourth-order valence-corrected chi connectivity index (χ4v) is 3.05. The van der Waals surface area contributed by atoms with Crippen LogP contribution in [0.2, 0.25) is 0 Å². The Kier molecular flexibility index (Phi) is 5.18. The number of fused-ring (bicyclic) bond motifs is 1. The van der Waals surface area contributed by atoms with Gasteiger partial charge in [-0.05, 0) is 42.5 Å². The minimum atomic E-state index is -0.367. The van der Waals surface area contributed by atoms with Gasteiger partial charge in [-0.15, -0.1) is 0 Å². The summed E-state index contributed by atoms with van der Waals surface area (Å²) < 4.78 is 5.09. The van der Waals surface area contributed by atoms with Crippen molar-refractivity contribution < 1.29 is 14.6 Å². The molecule has 4 aromatic rings. The van der Waals surface area contributed by atoms with Gasteiger partial charge in [-0.1, -0.05) is 30.3 Å². The normalized spacial score (nSPS) is 10.7. The van der Waals surface area contributed by atoms with Crippen molar-refractivity contribution in [3.05, 3.63) is 78.4 Å². The van der Waals surface area contributed by atoms with Crippen molar-refractivity contribution in [1.29, 1.82) is 0 Å². The van der Waals surface area contributed by atoms with Gasteiger partial charge in [0.25, 0.3) is 0 Å². The third-order valence-electron chi connectivity index (χ3n) is 4.42. The molecule has 0 aliphatic carbocycles. The Morgan fingerprint density at radius 2 is 1.69 bits per heavy atom. The number of rotatable bonds is 5. The zero-order valence-corrected chi connectivity index (χ0v) is 15.8. The molecule has 144 valence electrons. The minimum Gasteiger partial charge on any atom is -0.427 e. The second-order valence-electron chi connectivity index (χ2n) is 6.47. The fourth-order valence-electron chi connectivity index (χ4n) is 3.05. The van der Waals surface area contributed by atoms with E-state index < -0.39 is 0 Å². The molecule has 6 heteroatoms. The fraction of sp³-hybridized carbons (Fsp3) is 0.0870. The van der Waals surface area contributed by atoms with Crippen LogP contribution in [0.25, 0.3) is 22.3 Å². The summed E-state index contributed by atoms with van der Waals surface area (Å²) in [5.41, 5.74) is 3.16. The number of hydrogen-bond donors (Lipinski definition) is 2. The van der Waals surface area contributed by atoms with Crippen molar-refractivity contribution in [3.8, 4) is 17.1 Å². The second kappa shape index (κ2) is 8.08. The number of hydrogen-bond acceptors (Lipinski definition) is 6. The molecule has 1 aromatic heterocycles. The van der Waals surface area contributed by atoms with Crippen LogP contribution in [0.4, 0.5) is 11.5 Å². The van der Waals surface area contributed by atoms with Gasteiger partial charge in [0.05, 0.1) is 12.1 Å². The van der Waals surface area contributed by atoms with E-state index in [4.69, 9.17) is 9.72 Å². The van der Waals surface area contributed by atoms with Crippen molar-refractivity contribution in [1.82, 2.24) is 9.97 Å². The first-order valence-corrected chi connectivity index (χ1v) is 9.15. The molecule has 0 fully saturated rings. The van der Waals surface area contributed by atoms with Gasteiger partial charge in [-0.3, -0.25) is 4.79 Å². The molecule has 6 nitrogen and oxygen atoms in total. The number of nitrogens with zero attached hydrogens (tertiary/aromatic N) is 2. The molecule has 2 N–H and O–H groups in total. The third kappa shape index (κ3) is 4.07. The molecule has 0 saturated carbocycles. The van der Waals surface area contributed by atoms with E-state index in [2.05, 4.69) is 10.3 Å². The first-order valence-electron chi connectivity index (χ1n) is 9.15. The van der Waals surface area contributed by atoms with Gasteiger partial charge in [0.2, 0.25) is 0 Å². The number of aromatic nitrogens is 2. The molecule has 0 bridgehead atoms. The largest absolute Gasteiger partial charge is 0.427 e. The van der Waals surface area contributed by atoms with Crippen molar-refractivity contribution >= 4 is 28.4 Å². The number of carbonyl (C=O) groups excluding carboxylic acids is 1. The molecule has 0 aliphatic heterocycles. The van der Waals surface area contributed by atoms with Crippen molar-refractivity contribution in [2.75, 3.05) is 5.32 Å². The topological polar surface area (TPSA) is 84.3 Å². The predicted molar refractivity (Wildman–Crippen MR) is 112 cm³/mol. The van der Waals surface area contributed by atoms with Gasteiger partial charge in [0.15, 0.2) is 5.82 Å². The summed E-state index contributed by atoms with van der Waals surface area (Å²) in [6, 6.07) is 22.3. The molecular formula is C23H19N3O3. The summed E-state index contributed by atoms with van der Waals surface area (Å²) in [5, 5.41) is 13.8. The Balaban J connectivity index is 1.77. The highest BCUT2D eigenvalue weighted by molar-refractivity contribution is 5.92. The number of para-hydroxylation sites is 2. The molecule has 0 spiro atoms. The van der Waals surface area contributed by atoms with Gasteiger partial charge in [-0.2, -0.15) is 0 Å². The Morgan fingerprint density at radius 3 is 2.45 bits per heavy atom. The van der Waals surface area contributed by atoms with Gasteiger partial charge in [-0.25, -0.2) is 9.97 Å². The zero-order chi connectivity index (χ0) is 20.2. The standard InChI is InChI=1S/C23H19N3O3/c1-15(28)29-18-12-10-16(11-13-18)22-25-21-9-5-3-7-19(21)23(26-22)24-20-8-4-2-6-17(20)14-27/h2-13,27H,14H2,1H3,(H,24,25,26). The molecule has 0 amide bonds. The molecular weight excluding hydrogens is 366 g/mol. The predicted octanol–water partition coefficient (Wildman–Crippen LogP) is 4.46. The van der Waals surface area contributed by atoms with Crippen molar-refractivity contribution in [3.63, 3.8) is 0 Å². The molecule has 0 atom stereocenters. The van der Waals surface area contributed by atoms with E-state index in [9.17, 15) is 9.90 Å². The van der Waals surface area contributed by atoms with Crippen LogP contribution in [0, 0.1) is 0 Å². The molecule has 3 aromatic carbocycles. The number of benzene rings is 3. The Hall–Kier alpha value is -3.77. The SMILES string of the molecule is CC(=O)Oc1ccc(-c2nc(Nc3ccccc3CO)c3ccccc3n2)cc1. The van der Waals surface area contributed by atoms with E-state index in [0.29, 0.717) is 17.4 Å². The number of nitrogens with one attached hydrogen (secondary N) is 1. The Bertz CT molecular complexity index is 1170. The van der Waals surface area contributed by atoms with Crippen LogP contribution in [-0.4, -0.2) is 21.0 Å². The monoisotopic (exact) mass is 385 g/mol. The van der Waals surface area contributed by atoms with E-state index in [1.807, 2.05) is 60.7 Å². The van der Waals surface area contributed by atoms with Crippen LogP contribution in [0.3, 0.4) is 0 Å². The highest BCUT2D eigenvalue weighted by atomic mass is 16.5. The lowest BCUT2D eigenvalue weighted by Crippen LogP contribution is -2.02. The van der Waals surface area contributed by atoms with E-state index in [1.165, 1.54) is 6.92 Å². The van der Waals surface area contributed by atoms with Crippen molar-refractivity contribution in [2.45, 2.75) is 13.5 Å². The number of esters is 1. The lowest BCUT2D eigenvalue weighted by atomic mass is 10.1. The number of anilines is 2. The van der Waals surface area contributed by atoms with Crippen molar-refractivity contribution in [2.24, 2.45) is 0 Å². The molecule has 4 rings (SSSR count). The van der Waals surface area contributed by atoms with E-state index in [1.54, 1.807) is 12.1 Å². The molecule has 0 radical (unpaired) electrons. The van der Waals surface area contributed by atoms with E-state index in [0.717, 1.165) is 27.7 Å². The highest BCUT2D eigenvalue weighted by Gasteiger charge is 2.11. The summed E-state index contributed by atoms with van der Waals surface area (Å²) in [6.07, 6.45) is 0. The summed E-state index contributed by atoms with van der Waals surface area (Å²) >= 11 is 0. The minimum absolute atomic E-state index is 0.0728. The van der Waals surface area contributed by atoms with Gasteiger partial charge in [0.1, 0.15) is 11.6 Å². The molecule has 29 heavy (non-hydrogen) atoms. The van der Waals surface area contributed by atoms with Crippen LogP contribution in [-0.2, 0) is 11.4 Å². The maximum absolute atomic E-state index is 11.1. The maximum atomic E-state index is 11.1. The third-order valence-corrected chi connectivity index (χ3v) is 4.42. The van der Waals surface area contributed by atoms with Crippen LogP contribution < -0.4 is 10.1 Å². The van der Waals surface area contributed by atoms with Gasteiger partial charge >= 0.3 is 5.97 Å². The average Bonchev–Trinajstić information content (AvgIpc) is 2.74. The van der Waals surface area contributed by atoms with Gasteiger partial charge in [0, 0.05) is 29.1 Å². The number of ether oxygens (including phenoxy) is 1. The van der Waals surface area contributed by atoms with Crippen LogP contribution in [0.1, 0.15) is 12.5 Å². The molecule has 1 heterocycles.